The van der Waals surface area contributed by atoms with Gasteiger partial charge in [0, 0.05) is 6.20 Å². The van der Waals surface area contributed by atoms with Crippen LogP contribution >= 0.6 is 0 Å². The summed E-state index contributed by atoms with van der Waals surface area (Å²) in [4.78, 5) is 8.82. The lowest BCUT2D eigenvalue weighted by Gasteiger charge is -2.36. The van der Waals surface area contributed by atoms with Gasteiger partial charge in [-0.2, -0.15) is 0 Å². The zero-order valence-corrected chi connectivity index (χ0v) is 11.4. The molecule has 3 unspecified atom stereocenters. The summed E-state index contributed by atoms with van der Waals surface area (Å²) in [5, 5.41) is 0. The number of rotatable bonds is 4. The number of aromatic nitrogens is 2. The molecule has 4 heteroatoms. The van der Waals surface area contributed by atoms with Gasteiger partial charge in [0.15, 0.2) is 0 Å². The molecule has 0 amide bonds. The summed E-state index contributed by atoms with van der Waals surface area (Å²) in [6, 6.07) is 0.142. The van der Waals surface area contributed by atoms with Crippen molar-refractivity contribution >= 4 is 0 Å². The van der Waals surface area contributed by atoms with E-state index in [4.69, 9.17) is 5.84 Å². The van der Waals surface area contributed by atoms with Gasteiger partial charge in [0.1, 0.15) is 0 Å². The highest BCUT2D eigenvalue weighted by molar-refractivity contribution is 5.08. The molecule has 1 saturated carbocycles. The predicted molar refractivity (Wildman–Crippen MR) is 72.6 cm³/mol. The minimum Gasteiger partial charge on any atom is -0.271 e. The van der Waals surface area contributed by atoms with Crippen LogP contribution in [0, 0.1) is 18.8 Å². The van der Waals surface area contributed by atoms with E-state index in [-0.39, 0.29) is 6.04 Å². The second-order valence-corrected chi connectivity index (χ2v) is 5.34. The fourth-order valence-electron chi connectivity index (χ4n) is 3.17. The van der Waals surface area contributed by atoms with Crippen LogP contribution in [0.4, 0.5) is 0 Å². The quantitative estimate of drug-likeness (QED) is 0.635. The Bertz CT molecular complexity index is 363. The molecule has 1 aliphatic carbocycles. The Kier molecular flexibility index (Phi) is 4.66. The topological polar surface area (TPSA) is 63.8 Å². The molecule has 0 spiro atoms. The molecule has 4 nitrogen and oxygen atoms in total. The van der Waals surface area contributed by atoms with E-state index in [1.165, 1.54) is 32.1 Å². The number of aryl methyl sites for hydroxylation is 1. The number of nitrogens with two attached hydrogens (primary N) is 1. The largest absolute Gasteiger partial charge is 0.271 e. The number of nitrogens with one attached hydrogen (secondary N) is 1. The molecule has 0 aromatic carbocycles. The third kappa shape index (κ3) is 2.87. The highest BCUT2D eigenvalue weighted by Crippen LogP contribution is 2.39. The SMILES string of the molecule is CCC1CCCCC1C(NN)c1cnc(C)cn1. The van der Waals surface area contributed by atoms with Crippen LogP contribution in [-0.4, -0.2) is 9.97 Å². The standard InChI is InChI=1S/C14H24N4/c1-3-11-6-4-5-7-12(11)14(18-15)13-9-16-10(2)8-17-13/h8-9,11-12,14,18H,3-7,15H2,1-2H3. The summed E-state index contributed by atoms with van der Waals surface area (Å²) in [5.41, 5.74) is 4.90. The minimum absolute atomic E-state index is 0.142. The van der Waals surface area contributed by atoms with Crippen LogP contribution in [0.5, 0.6) is 0 Å². The Hall–Kier alpha value is -1.00. The molecule has 1 heterocycles. The zero-order valence-electron chi connectivity index (χ0n) is 11.4. The van der Waals surface area contributed by atoms with E-state index >= 15 is 0 Å². The first-order chi connectivity index (χ1) is 8.76. The molecule has 1 aliphatic rings. The van der Waals surface area contributed by atoms with Crippen molar-refractivity contribution in [1.29, 1.82) is 0 Å². The number of nitrogens with zero attached hydrogens (tertiary/aromatic N) is 2. The van der Waals surface area contributed by atoms with Gasteiger partial charge in [0.05, 0.1) is 23.6 Å². The van der Waals surface area contributed by atoms with Crippen LogP contribution in [0.2, 0.25) is 0 Å². The summed E-state index contributed by atoms with van der Waals surface area (Å²) < 4.78 is 0. The fourth-order valence-corrected chi connectivity index (χ4v) is 3.17. The maximum atomic E-state index is 5.77. The molecule has 3 atom stereocenters. The van der Waals surface area contributed by atoms with E-state index in [0.29, 0.717) is 5.92 Å². The maximum absolute atomic E-state index is 5.77. The summed E-state index contributed by atoms with van der Waals surface area (Å²) in [6.45, 7) is 4.23. The second-order valence-electron chi connectivity index (χ2n) is 5.34. The van der Waals surface area contributed by atoms with Crippen LogP contribution in [0.3, 0.4) is 0 Å². The monoisotopic (exact) mass is 248 g/mol. The van der Waals surface area contributed by atoms with Crippen molar-refractivity contribution < 1.29 is 0 Å². The van der Waals surface area contributed by atoms with Gasteiger partial charge in [-0.3, -0.25) is 21.2 Å². The van der Waals surface area contributed by atoms with Crippen LogP contribution in [0.1, 0.15) is 56.5 Å². The highest BCUT2D eigenvalue weighted by Gasteiger charge is 2.31. The maximum Gasteiger partial charge on any atom is 0.0772 e. The van der Waals surface area contributed by atoms with Gasteiger partial charge in [-0.25, -0.2) is 0 Å². The molecule has 2 rings (SSSR count). The summed E-state index contributed by atoms with van der Waals surface area (Å²) in [6.07, 6.45) is 10.1. The third-order valence-electron chi connectivity index (χ3n) is 4.22. The first-order valence-corrected chi connectivity index (χ1v) is 7.01. The Morgan fingerprint density at radius 3 is 2.72 bits per heavy atom. The lowest BCUT2D eigenvalue weighted by atomic mass is 9.73. The number of hydrazine groups is 1. The van der Waals surface area contributed by atoms with Crippen molar-refractivity contribution in [1.82, 2.24) is 15.4 Å². The molecule has 1 aromatic heterocycles. The van der Waals surface area contributed by atoms with Crippen molar-refractivity contribution in [2.75, 3.05) is 0 Å². The van der Waals surface area contributed by atoms with Crippen LogP contribution in [-0.2, 0) is 0 Å². The minimum atomic E-state index is 0.142. The Morgan fingerprint density at radius 2 is 2.11 bits per heavy atom. The Morgan fingerprint density at radius 1 is 1.33 bits per heavy atom. The Labute approximate surface area is 109 Å². The molecule has 3 N–H and O–H groups in total. The van der Waals surface area contributed by atoms with Crippen LogP contribution in [0.15, 0.2) is 12.4 Å². The molecule has 0 saturated heterocycles. The van der Waals surface area contributed by atoms with Gasteiger partial charge in [-0.1, -0.05) is 32.6 Å². The average Bonchev–Trinajstić information content (AvgIpc) is 2.42. The summed E-state index contributed by atoms with van der Waals surface area (Å²) >= 11 is 0. The smallest absolute Gasteiger partial charge is 0.0772 e. The molecular formula is C14H24N4. The third-order valence-corrected chi connectivity index (χ3v) is 4.22. The van der Waals surface area contributed by atoms with E-state index in [9.17, 15) is 0 Å². The summed E-state index contributed by atoms with van der Waals surface area (Å²) in [5.74, 6) is 7.11. The zero-order chi connectivity index (χ0) is 13.0. The van der Waals surface area contributed by atoms with E-state index in [1.54, 1.807) is 0 Å². The van der Waals surface area contributed by atoms with E-state index in [0.717, 1.165) is 17.3 Å². The van der Waals surface area contributed by atoms with E-state index in [2.05, 4.69) is 22.3 Å². The van der Waals surface area contributed by atoms with Crippen molar-refractivity contribution in [3.63, 3.8) is 0 Å². The second kappa shape index (κ2) is 6.25. The molecule has 18 heavy (non-hydrogen) atoms. The fraction of sp³-hybridized carbons (Fsp3) is 0.714. The summed E-state index contributed by atoms with van der Waals surface area (Å²) in [7, 11) is 0. The molecule has 1 fully saturated rings. The van der Waals surface area contributed by atoms with Gasteiger partial charge >= 0.3 is 0 Å². The molecule has 100 valence electrons. The predicted octanol–water partition coefficient (Wildman–Crippen LogP) is 2.51. The lowest BCUT2D eigenvalue weighted by Crippen LogP contribution is -2.38. The molecular weight excluding hydrogens is 224 g/mol. The molecule has 0 radical (unpaired) electrons. The number of hydrogen-bond acceptors (Lipinski definition) is 4. The van der Waals surface area contributed by atoms with E-state index in [1.807, 2.05) is 19.3 Å². The van der Waals surface area contributed by atoms with Crippen molar-refractivity contribution in [2.24, 2.45) is 17.7 Å². The highest BCUT2D eigenvalue weighted by atomic mass is 15.2. The van der Waals surface area contributed by atoms with Crippen LogP contribution < -0.4 is 11.3 Å². The average molecular weight is 248 g/mol. The molecule has 0 aliphatic heterocycles. The van der Waals surface area contributed by atoms with Gasteiger partial charge in [0.25, 0.3) is 0 Å². The first kappa shape index (κ1) is 13.4. The van der Waals surface area contributed by atoms with E-state index < -0.39 is 0 Å². The van der Waals surface area contributed by atoms with Gasteiger partial charge in [-0.15, -0.1) is 0 Å². The Balaban J connectivity index is 2.18. The van der Waals surface area contributed by atoms with Crippen molar-refractivity contribution in [3.8, 4) is 0 Å². The van der Waals surface area contributed by atoms with Gasteiger partial charge in [-0.05, 0) is 25.2 Å². The van der Waals surface area contributed by atoms with Crippen molar-refractivity contribution in [2.45, 2.75) is 52.0 Å². The first-order valence-electron chi connectivity index (χ1n) is 7.01. The lowest BCUT2D eigenvalue weighted by molar-refractivity contribution is 0.173. The van der Waals surface area contributed by atoms with Gasteiger partial charge < -0.3 is 0 Å². The van der Waals surface area contributed by atoms with Crippen LogP contribution in [0.25, 0.3) is 0 Å². The van der Waals surface area contributed by atoms with Gasteiger partial charge in [0.2, 0.25) is 0 Å². The normalized spacial score (nSPS) is 25.9. The molecule has 1 aromatic rings. The molecule has 0 bridgehead atoms. The van der Waals surface area contributed by atoms with Crippen molar-refractivity contribution in [3.05, 3.63) is 23.8 Å². The number of hydrogen-bond donors (Lipinski definition) is 2.